The molecule has 0 aliphatic carbocycles. The van der Waals surface area contributed by atoms with Crippen molar-refractivity contribution in [3.63, 3.8) is 0 Å². The fraction of sp³-hybridized carbons (Fsp3) is 0.381. The molecular weight excluding hydrogens is 431 g/mol. The molecule has 0 saturated carbocycles. The van der Waals surface area contributed by atoms with Gasteiger partial charge in [0.2, 0.25) is 11.7 Å². The molecule has 9 heteroatoms. The molecule has 2 aliphatic rings. The van der Waals surface area contributed by atoms with Gasteiger partial charge < -0.3 is 19.1 Å². The van der Waals surface area contributed by atoms with E-state index in [4.69, 9.17) is 37.4 Å². The highest BCUT2D eigenvalue weighted by molar-refractivity contribution is 6.39. The number of carbonyl (C=O) groups is 2. The summed E-state index contributed by atoms with van der Waals surface area (Å²) in [7, 11) is 1.55. The summed E-state index contributed by atoms with van der Waals surface area (Å²) in [5, 5.41) is 0.394. The number of fused-ring (bicyclic) bond motifs is 1. The van der Waals surface area contributed by atoms with Gasteiger partial charge in [-0.25, -0.2) is 0 Å². The fourth-order valence-corrected chi connectivity index (χ4v) is 4.37. The SMILES string of the molecule is COc1ccc(CC(=O)c2c(Cl)cncc2Cl)c2c1OC1(CCN(C(C)=O)CC1)O2. The number of ether oxygens (including phenoxy) is 3. The molecule has 1 aromatic heterocycles. The summed E-state index contributed by atoms with van der Waals surface area (Å²) in [6.45, 7) is 2.61. The maximum absolute atomic E-state index is 12.9. The van der Waals surface area contributed by atoms with Crippen LogP contribution in [-0.2, 0) is 11.2 Å². The smallest absolute Gasteiger partial charge is 0.255 e. The van der Waals surface area contributed by atoms with Gasteiger partial charge in [-0.3, -0.25) is 14.6 Å². The van der Waals surface area contributed by atoms with Gasteiger partial charge in [0.15, 0.2) is 17.3 Å². The number of methoxy groups -OCH3 is 1. The van der Waals surface area contributed by atoms with E-state index in [-0.39, 0.29) is 33.7 Å². The van der Waals surface area contributed by atoms with Crippen LogP contribution in [0, 0.1) is 0 Å². The van der Waals surface area contributed by atoms with Crippen LogP contribution >= 0.6 is 23.2 Å². The van der Waals surface area contributed by atoms with Crippen LogP contribution in [0.2, 0.25) is 10.0 Å². The number of piperidine rings is 1. The zero-order valence-electron chi connectivity index (χ0n) is 16.5. The van der Waals surface area contributed by atoms with E-state index in [1.165, 1.54) is 12.4 Å². The van der Waals surface area contributed by atoms with Crippen molar-refractivity contribution in [3.05, 3.63) is 45.7 Å². The molecule has 1 spiro atoms. The van der Waals surface area contributed by atoms with Gasteiger partial charge in [0.25, 0.3) is 5.79 Å². The van der Waals surface area contributed by atoms with E-state index in [0.717, 1.165) is 0 Å². The zero-order valence-corrected chi connectivity index (χ0v) is 18.0. The predicted molar refractivity (Wildman–Crippen MR) is 111 cm³/mol. The summed E-state index contributed by atoms with van der Waals surface area (Å²) in [5.41, 5.74) is 0.868. The number of pyridine rings is 1. The minimum Gasteiger partial charge on any atom is -0.493 e. The standard InChI is InChI=1S/C21H20Cl2N2O5/c1-12(26)25-7-5-21(6-8-25)29-19-13(3-4-17(28-2)20(19)30-21)9-16(27)18-14(22)10-24-11-15(18)23/h3-4,10-11H,5-9H2,1-2H3. The van der Waals surface area contributed by atoms with Crippen LogP contribution in [0.4, 0.5) is 0 Å². The molecule has 3 heterocycles. The van der Waals surface area contributed by atoms with E-state index < -0.39 is 5.79 Å². The van der Waals surface area contributed by atoms with Gasteiger partial charge in [0, 0.05) is 57.2 Å². The lowest BCUT2D eigenvalue weighted by Gasteiger charge is -2.37. The molecule has 1 amide bonds. The number of ketones is 1. The first-order chi connectivity index (χ1) is 14.3. The fourth-order valence-electron chi connectivity index (χ4n) is 3.79. The normalized spacial score (nSPS) is 16.6. The number of nitrogens with zero attached hydrogens (tertiary/aromatic N) is 2. The lowest BCUT2D eigenvalue weighted by Crippen LogP contribution is -2.50. The number of Topliss-reactive ketones (excluding diaryl/α,β-unsaturated/α-hetero) is 1. The van der Waals surface area contributed by atoms with Gasteiger partial charge in [-0.05, 0) is 6.07 Å². The predicted octanol–water partition coefficient (Wildman–Crippen LogP) is 3.93. The van der Waals surface area contributed by atoms with Crippen LogP contribution in [0.15, 0.2) is 24.5 Å². The lowest BCUT2D eigenvalue weighted by atomic mass is 10.0. The molecule has 0 radical (unpaired) electrons. The summed E-state index contributed by atoms with van der Waals surface area (Å²) >= 11 is 12.3. The van der Waals surface area contributed by atoms with E-state index in [1.54, 1.807) is 31.1 Å². The van der Waals surface area contributed by atoms with Crippen LogP contribution < -0.4 is 14.2 Å². The number of likely N-dealkylation sites (tertiary alicyclic amines) is 1. The first-order valence-corrected chi connectivity index (χ1v) is 10.2. The van der Waals surface area contributed by atoms with Gasteiger partial charge in [-0.2, -0.15) is 0 Å². The van der Waals surface area contributed by atoms with Crippen LogP contribution in [0.25, 0.3) is 0 Å². The van der Waals surface area contributed by atoms with Crippen molar-refractivity contribution >= 4 is 34.9 Å². The van der Waals surface area contributed by atoms with Gasteiger partial charge in [-0.1, -0.05) is 29.3 Å². The topological polar surface area (TPSA) is 78.0 Å². The zero-order chi connectivity index (χ0) is 21.5. The summed E-state index contributed by atoms with van der Waals surface area (Å²) in [6.07, 6.45) is 3.82. The van der Waals surface area contributed by atoms with Crippen molar-refractivity contribution in [1.29, 1.82) is 0 Å². The summed E-state index contributed by atoms with van der Waals surface area (Å²) in [4.78, 5) is 30.2. The van der Waals surface area contributed by atoms with Gasteiger partial charge in [0.1, 0.15) is 0 Å². The second kappa shape index (κ2) is 7.96. The van der Waals surface area contributed by atoms with Crippen molar-refractivity contribution < 1.29 is 23.8 Å². The van der Waals surface area contributed by atoms with Gasteiger partial charge >= 0.3 is 0 Å². The molecule has 4 rings (SSSR count). The number of hydrogen-bond donors (Lipinski definition) is 0. The number of aromatic nitrogens is 1. The van der Waals surface area contributed by atoms with E-state index in [0.29, 0.717) is 48.7 Å². The Labute approximate surface area is 183 Å². The molecule has 2 aromatic rings. The monoisotopic (exact) mass is 450 g/mol. The molecule has 30 heavy (non-hydrogen) atoms. The Bertz CT molecular complexity index is 998. The number of hydrogen-bond acceptors (Lipinski definition) is 6. The third-order valence-electron chi connectivity index (χ3n) is 5.41. The van der Waals surface area contributed by atoms with Crippen LogP contribution in [0.5, 0.6) is 17.2 Å². The first kappa shape index (κ1) is 20.8. The Balaban J connectivity index is 1.62. The average molecular weight is 451 g/mol. The highest BCUT2D eigenvalue weighted by Gasteiger charge is 2.47. The number of benzene rings is 1. The van der Waals surface area contributed by atoms with Crippen molar-refractivity contribution in [2.75, 3.05) is 20.2 Å². The summed E-state index contributed by atoms with van der Waals surface area (Å²) < 4.78 is 17.9. The quantitative estimate of drug-likeness (QED) is 0.656. The van der Waals surface area contributed by atoms with E-state index in [9.17, 15) is 9.59 Å². The highest BCUT2D eigenvalue weighted by Crippen LogP contribution is 2.51. The Hall–Kier alpha value is -2.51. The molecule has 0 atom stereocenters. The molecular formula is C21H20Cl2N2O5. The molecule has 0 unspecified atom stereocenters. The van der Waals surface area contributed by atoms with Crippen molar-refractivity contribution in [2.45, 2.75) is 32.0 Å². The lowest BCUT2D eigenvalue weighted by molar-refractivity contribution is -0.144. The first-order valence-electron chi connectivity index (χ1n) is 9.49. The van der Waals surface area contributed by atoms with Crippen LogP contribution in [0.1, 0.15) is 35.7 Å². The molecule has 158 valence electrons. The Morgan fingerprint density at radius 1 is 1.13 bits per heavy atom. The van der Waals surface area contributed by atoms with Crippen molar-refractivity contribution in [2.24, 2.45) is 0 Å². The second-order valence-electron chi connectivity index (χ2n) is 7.28. The highest BCUT2D eigenvalue weighted by atomic mass is 35.5. The molecule has 0 N–H and O–H groups in total. The third kappa shape index (κ3) is 3.68. The number of rotatable bonds is 4. The molecule has 1 saturated heterocycles. The van der Waals surface area contributed by atoms with Crippen LogP contribution in [-0.4, -0.2) is 47.6 Å². The summed E-state index contributed by atoms with van der Waals surface area (Å²) in [5.74, 6) is 0.344. The van der Waals surface area contributed by atoms with Gasteiger partial charge in [0.05, 0.1) is 22.7 Å². The van der Waals surface area contributed by atoms with E-state index in [1.807, 2.05) is 0 Å². The van der Waals surface area contributed by atoms with Crippen molar-refractivity contribution in [3.8, 4) is 17.2 Å². The van der Waals surface area contributed by atoms with Gasteiger partial charge in [-0.15, -0.1) is 0 Å². The largest absolute Gasteiger partial charge is 0.493 e. The number of carbonyl (C=O) groups excluding carboxylic acids is 2. The molecule has 7 nitrogen and oxygen atoms in total. The number of halogens is 2. The van der Waals surface area contributed by atoms with Crippen LogP contribution in [0.3, 0.4) is 0 Å². The number of amides is 1. The molecule has 1 fully saturated rings. The molecule has 1 aromatic carbocycles. The average Bonchev–Trinajstić information content (AvgIpc) is 3.07. The molecule has 0 bridgehead atoms. The van der Waals surface area contributed by atoms with Crippen molar-refractivity contribution in [1.82, 2.24) is 9.88 Å². The maximum Gasteiger partial charge on any atom is 0.255 e. The summed E-state index contributed by atoms with van der Waals surface area (Å²) in [6, 6.07) is 3.51. The maximum atomic E-state index is 12.9. The second-order valence-corrected chi connectivity index (χ2v) is 8.10. The molecule has 2 aliphatic heterocycles. The Morgan fingerprint density at radius 3 is 2.37 bits per heavy atom. The van der Waals surface area contributed by atoms with E-state index in [2.05, 4.69) is 4.98 Å². The third-order valence-corrected chi connectivity index (χ3v) is 5.98. The minimum absolute atomic E-state index is 0.0226. The Morgan fingerprint density at radius 2 is 1.77 bits per heavy atom. The minimum atomic E-state index is -0.882. The van der Waals surface area contributed by atoms with E-state index >= 15 is 0 Å². The Kier molecular flexibility index (Phi) is 5.51.